The van der Waals surface area contributed by atoms with E-state index in [0.29, 0.717) is 10.9 Å². The fourth-order valence-corrected chi connectivity index (χ4v) is 5.12. The largest absolute Gasteiger partial charge is 0.0636 e. The number of hydrogen-bond acceptors (Lipinski definition) is 0. The molecule has 0 aliphatic heterocycles. The minimum Gasteiger partial charge on any atom is -0.0616 e. The van der Waals surface area contributed by atoms with Crippen molar-refractivity contribution in [2.45, 2.75) is 0 Å². The van der Waals surface area contributed by atoms with Gasteiger partial charge in [-0.3, -0.25) is 0 Å². The number of fused-ring (bicyclic) bond motifs is 4. The van der Waals surface area contributed by atoms with E-state index in [1.807, 2.05) is 12.1 Å². The van der Waals surface area contributed by atoms with Crippen molar-refractivity contribution in [3.8, 4) is 33.4 Å². The summed E-state index contributed by atoms with van der Waals surface area (Å²) in [7, 11) is 0. The molecule has 8 aromatic rings. The minimum absolute atomic E-state index is 0.0407. The minimum atomic E-state index is -0.808. The Morgan fingerprint density at radius 3 is 1.65 bits per heavy atom. The Morgan fingerprint density at radius 2 is 0.925 bits per heavy atom. The van der Waals surface area contributed by atoms with E-state index in [-0.39, 0.29) is 43.4 Å². The third kappa shape index (κ3) is 3.61. The molecule has 0 fully saturated rings. The molecule has 0 aromatic heterocycles. The third-order valence-electron chi connectivity index (χ3n) is 6.89. The van der Waals surface area contributed by atoms with Gasteiger partial charge in [-0.1, -0.05) is 151 Å². The fourth-order valence-electron chi connectivity index (χ4n) is 5.12. The fraction of sp³-hybridized carbons (Fsp3) is 0. The second-order valence-corrected chi connectivity index (χ2v) is 9.10. The molecule has 0 heteroatoms. The molecule has 0 unspecified atom stereocenters. The average Bonchev–Trinajstić information content (AvgIpc) is 3.21. The van der Waals surface area contributed by atoms with Crippen molar-refractivity contribution >= 4 is 43.1 Å². The Labute approximate surface area is 259 Å². The molecule has 40 heavy (non-hydrogen) atoms. The van der Waals surface area contributed by atoms with Crippen LogP contribution < -0.4 is 0 Å². The number of rotatable bonds is 3. The lowest BCUT2D eigenvalue weighted by atomic mass is 9.84. The standard InChI is InChI=1S/C40H26/c1-2-12-31-26-32(25-22-27(31)10-1)28-20-23-30(24-21-28)39-35-15-5-7-17-37(35)40(38-18-8-6-16-36(38)39)34-19-9-13-29-11-3-4-14-33(29)34/h1-26H/i1D,2D,5D,6D,7D,8D,10D,12D,15D,16D,17D,18D,20D,21D,22D,23D,24D,26D. The first-order chi connectivity index (χ1) is 27.3. The zero-order valence-electron chi connectivity index (χ0n) is 38.6. The molecule has 0 atom stereocenters. The summed E-state index contributed by atoms with van der Waals surface area (Å²) in [5.74, 6) is 0. The normalized spacial score (nSPS) is 17.8. The van der Waals surface area contributed by atoms with Gasteiger partial charge in [0.2, 0.25) is 0 Å². The van der Waals surface area contributed by atoms with Gasteiger partial charge >= 0.3 is 0 Å². The van der Waals surface area contributed by atoms with Gasteiger partial charge in [0.1, 0.15) is 0 Å². The zero-order valence-corrected chi connectivity index (χ0v) is 20.6. The first-order valence-electron chi connectivity index (χ1n) is 21.4. The van der Waals surface area contributed by atoms with Crippen LogP contribution in [-0.4, -0.2) is 0 Å². The molecule has 8 aromatic carbocycles. The first-order valence-corrected chi connectivity index (χ1v) is 12.4. The third-order valence-corrected chi connectivity index (χ3v) is 6.89. The molecule has 0 N–H and O–H groups in total. The molecule has 0 amide bonds. The molecule has 0 spiro atoms. The lowest BCUT2D eigenvalue weighted by Crippen LogP contribution is -1.91. The monoisotopic (exact) mass is 524 g/mol. The second-order valence-electron chi connectivity index (χ2n) is 9.10. The first kappa shape index (κ1) is 11.1. The van der Waals surface area contributed by atoms with Gasteiger partial charge in [0.05, 0.1) is 24.7 Å². The molecule has 0 nitrogen and oxygen atoms in total. The van der Waals surface area contributed by atoms with Crippen LogP contribution in [0, 0.1) is 0 Å². The van der Waals surface area contributed by atoms with Crippen molar-refractivity contribution in [2.75, 3.05) is 0 Å². The SMILES string of the molecule is [2H]c1c([2H])c(-c2c3c([2H])c([2H])c([2H])c([2H])c3c(-c3cccc4ccccc34)c3c([2H])c([2H])c([2H])c([2H])c23)c([2H])c([2H])c1-c1cc([2H])c2c([2H])c([2H])c([2H])c([2H])c2c1[2H]. The van der Waals surface area contributed by atoms with Crippen LogP contribution in [0.5, 0.6) is 0 Å². The van der Waals surface area contributed by atoms with E-state index in [0.717, 1.165) is 11.5 Å². The molecule has 0 bridgehead atoms. The van der Waals surface area contributed by atoms with Crippen molar-refractivity contribution in [1.29, 1.82) is 0 Å². The smallest absolute Gasteiger partial charge is 0.0616 e. The summed E-state index contributed by atoms with van der Waals surface area (Å²) in [6.07, 6.45) is 0. The van der Waals surface area contributed by atoms with Crippen LogP contribution >= 0.6 is 0 Å². The molecule has 0 saturated heterocycles. The molecular formula is C40H26. The van der Waals surface area contributed by atoms with E-state index in [4.69, 9.17) is 13.7 Å². The summed E-state index contributed by atoms with van der Waals surface area (Å²) >= 11 is 0. The molecule has 0 saturated carbocycles. The Kier molecular flexibility index (Phi) is 2.56. The van der Waals surface area contributed by atoms with Crippen molar-refractivity contribution < 1.29 is 24.7 Å². The van der Waals surface area contributed by atoms with Gasteiger partial charge in [-0.25, -0.2) is 0 Å². The lowest BCUT2D eigenvalue weighted by Gasteiger charge is -2.19. The van der Waals surface area contributed by atoms with E-state index in [9.17, 15) is 11.0 Å². The van der Waals surface area contributed by atoms with Crippen molar-refractivity contribution in [3.05, 3.63) is 157 Å². The summed E-state index contributed by atoms with van der Waals surface area (Å²) in [6.45, 7) is 0. The van der Waals surface area contributed by atoms with Gasteiger partial charge in [-0.15, -0.1) is 0 Å². The van der Waals surface area contributed by atoms with E-state index >= 15 is 0 Å². The van der Waals surface area contributed by atoms with E-state index < -0.39 is 125 Å². The zero-order chi connectivity index (χ0) is 42.1. The van der Waals surface area contributed by atoms with Crippen molar-refractivity contribution in [3.63, 3.8) is 0 Å². The lowest BCUT2D eigenvalue weighted by molar-refractivity contribution is 1.63. The average molecular weight is 525 g/mol. The Morgan fingerprint density at radius 1 is 0.350 bits per heavy atom. The number of benzene rings is 8. The van der Waals surface area contributed by atoms with Crippen LogP contribution in [0.4, 0.5) is 0 Å². The highest BCUT2D eigenvalue weighted by molar-refractivity contribution is 6.23. The van der Waals surface area contributed by atoms with Gasteiger partial charge < -0.3 is 0 Å². The summed E-state index contributed by atoms with van der Waals surface area (Å²) < 4.78 is 160. The summed E-state index contributed by atoms with van der Waals surface area (Å²) in [4.78, 5) is 0. The maximum absolute atomic E-state index is 9.40. The quantitative estimate of drug-likeness (QED) is 0.202. The molecule has 8 rings (SSSR count). The molecular weight excluding hydrogens is 480 g/mol. The number of hydrogen-bond donors (Lipinski definition) is 0. The van der Waals surface area contributed by atoms with Gasteiger partial charge in [0.15, 0.2) is 0 Å². The topological polar surface area (TPSA) is 0 Å². The Bertz CT molecular complexity index is 3090. The Hall–Kier alpha value is -5.20. The highest BCUT2D eigenvalue weighted by Crippen LogP contribution is 2.45. The maximum Gasteiger partial charge on any atom is 0.0636 e. The van der Waals surface area contributed by atoms with Crippen molar-refractivity contribution in [1.82, 2.24) is 0 Å². The van der Waals surface area contributed by atoms with E-state index in [1.165, 1.54) is 0 Å². The molecule has 186 valence electrons. The molecule has 0 aliphatic carbocycles. The summed E-state index contributed by atoms with van der Waals surface area (Å²) in [6, 6.07) is 1.24. The highest BCUT2D eigenvalue weighted by Gasteiger charge is 2.17. The summed E-state index contributed by atoms with van der Waals surface area (Å²) in [5.41, 5.74) is -1.41. The second kappa shape index (κ2) is 9.22. The van der Waals surface area contributed by atoms with Crippen LogP contribution in [0.2, 0.25) is 0 Å². The summed E-state index contributed by atoms with van der Waals surface area (Å²) in [5, 5.41) is -0.363. The predicted molar refractivity (Wildman–Crippen MR) is 173 cm³/mol. The van der Waals surface area contributed by atoms with E-state index in [2.05, 4.69) is 0 Å². The highest BCUT2D eigenvalue weighted by atomic mass is 14.2. The molecule has 0 aliphatic rings. The predicted octanol–water partition coefficient (Wildman–Crippen LogP) is 11.3. The Balaban J connectivity index is 1.62. The van der Waals surface area contributed by atoms with Crippen molar-refractivity contribution in [2.24, 2.45) is 0 Å². The molecule has 0 heterocycles. The van der Waals surface area contributed by atoms with E-state index in [1.54, 1.807) is 30.3 Å². The van der Waals surface area contributed by atoms with Gasteiger partial charge in [-0.05, 0) is 82.5 Å². The van der Waals surface area contributed by atoms with Crippen LogP contribution in [0.15, 0.2) is 157 Å². The van der Waals surface area contributed by atoms with Crippen LogP contribution in [0.3, 0.4) is 0 Å². The van der Waals surface area contributed by atoms with Gasteiger partial charge in [-0.2, -0.15) is 0 Å². The van der Waals surface area contributed by atoms with Crippen LogP contribution in [-0.2, 0) is 0 Å². The maximum atomic E-state index is 9.40. The van der Waals surface area contributed by atoms with Gasteiger partial charge in [0, 0.05) is 0 Å². The molecule has 0 radical (unpaired) electrons. The van der Waals surface area contributed by atoms with Gasteiger partial charge in [0.25, 0.3) is 0 Å². The van der Waals surface area contributed by atoms with Crippen LogP contribution in [0.25, 0.3) is 76.5 Å². The van der Waals surface area contributed by atoms with Crippen LogP contribution in [0.1, 0.15) is 24.7 Å².